The molecule has 2 N–H and O–H groups in total. The third-order valence-electron chi connectivity index (χ3n) is 3.20. The lowest BCUT2D eigenvalue weighted by Crippen LogP contribution is -2.11. The van der Waals surface area contributed by atoms with Crippen molar-refractivity contribution in [3.8, 4) is 0 Å². The molecule has 0 saturated carbocycles. The van der Waals surface area contributed by atoms with E-state index in [1.54, 1.807) is 31.5 Å². The lowest BCUT2D eigenvalue weighted by Gasteiger charge is -2.09. The van der Waals surface area contributed by atoms with E-state index in [2.05, 4.69) is 36.2 Å². The fourth-order valence-corrected chi connectivity index (χ4v) is 2.69. The molecular weight excluding hydrogens is 410 g/mol. The Morgan fingerprint density at radius 3 is 2.76 bits per heavy atom. The Labute approximate surface area is 155 Å². The van der Waals surface area contributed by atoms with Crippen LogP contribution in [0, 0.1) is 12.3 Å². The second kappa shape index (κ2) is 7.12. The topological polar surface area (TPSA) is 105 Å². The summed E-state index contributed by atoms with van der Waals surface area (Å²) in [5.74, 6) is 0.291. The lowest BCUT2D eigenvalue weighted by molar-refractivity contribution is 0.486. The average Bonchev–Trinajstić information content (AvgIpc) is 2.55. The van der Waals surface area contributed by atoms with Crippen molar-refractivity contribution in [2.45, 2.75) is 6.92 Å². The van der Waals surface area contributed by atoms with Gasteiger partial charge in [-0.25, -0.2) is 19.7 Å². The van der Waals surface area contributed by atoms with E-state index < -0.39 is 5.63 Å². The Morgan fingerprint density at radius 1 is 1.36 bits per heavy atom. The highest BCUT2D eigenvalue weighted by Crippen LogP contribution is 2.22. The van der Waals surface area contributed by atoms with Crippen molar-refractivity contribution >= 4 is 54.7 Å². The number of rotatable bonds is 4. The summed E-state index contributed by atoms with van der Waals surface area (Å²) in [6, 6.07) is 4.89. The average molecular weight is 421 g/mol. The molecule has 0 radical (unpaired) electrons. The Kier molecular flexibility index (Phi) is 4.91. The second-order valence-corrected chi connectivity index (χ2v) is 6.32. The number of nitrogens with one attached hydrogen (secondary N) is 2. The van der Waals surface area contributed by atoms with E-state index in [0.717, 1.165) is 5.56 Å². The van der Waals surface area contributed by atoms with Gasteiger partial charge in [0.2, 0.25) is 11.8 Å². The molecule has 25 heavy (non-hydrogen) atoms. The van der Waals surface area contributed by atoms with Gasteiger partial charge in [-0.05, 0) is 52.7 Å². The molecule has 0 aliphatic carbocycles. The number of anilines is 1. The van der Waals surface area contributed by atoms with Crippen LogP contribution < -0.4 is 10.9 Å². The third-order valence-corrected chi connectivity index (χ3v) is 3.65. The highest BCUT2D eigenvalue weighted by Gasteiger charge is 2.14. The zero-order valence-electron chi connectivity index (χ0n) is 12.9. The zero-order chi connectivity index (χ0) is 18.0. The third kappa shape index (κ3) is 3.92. The van der Waals surface area contributed by atoms with Crippen LogP contribution in [0.3, 0.4) is 0 Å². The fourth-order valence-electron chi connectivity index (χ4n) is 2.18. The standard InChI is InChI=1S/C16H11BrClN5O2/c1-8-5-9(18)6-10-13(8)23-14(25-15(10)24)11(7-12(17)19)22-16-20-3-2-4-21-16/h2-7,19H,1H3,(H,20,21,22)/b11-7-,19-12?. The summed E-state index contributed by atoms with van der Waals surface area (Å²) in [5.41, 5.74) is 0.897. The van der Waals surface area contributed by atoms with Crippen molar-refractivity contribution in [2.24, 2.45) is 0 Å². The first-order valence-corrected chi connectivity index (χ1v) is 8.22. The molecule has 0 saturated heterocycles. The maximum absolute atomic E-state index is 12.3. The molecule has 2 heterocycles. The number of aryl methyl sites for hydroxylation is 1. The SMILES string of the molecule is Cc1cc(Cl)cc2c(=O)oc(/C(=C/C(=N)Br)Nc3ncccn3)nc12. The van der Waals surface area contributed by atoms with Gasteiger partial charge in [0.1, 0.15) is 5.70 Å². The molecule has 0 atom stereocenters. The molecule has 7 nitrogen and oxygen atoms in total. The highest BCUT2D eigenvalue weighted by atomic mass is 79.9. The van der Waals surface area contributed by atoms with Gasteiger partial charge in [-0.1, -0.05) is 11.6 Å². The van der Waals surface area contributed by atoms with Gasteiger partial charge >= 0.3 is 5.63 Å². The Bertz CT molecular complexity index is 1050. The molecule has 0 amide bonds. The van der Waals surface area contributed by atoms with Crippen LogP contribution in [0.4, 0.5) is 5.95 Å². The minimum absolute atomic E-state index is 0.0135. The quantitative estimate of drug-likeness (QED) is 0.623. The largest absolute Gasteiger partial charge is 0.401 e. The molecule has 0 fully saturated rings. The number of allylic oxidation sites excluding steroid dienone is 1. The van der Waals surface area contributed by atoms with Crippen molar-refractivity contribution in [1.29, 1.82) is 5.41 Å². The summed E-state index contributed by atoms with van der Waals surface area (Å²) in [6.45, 7) is 1.80. The molecule has 0 aliphatic heterocycles. The van der Waals surface area contributed by atoms with Crippen LogP contribution in [-0.2, 0) is 0 Å². The van der Waals surface area contributed by atoms with Crippen molar-refractivity contribution in [1.82, 2.24) is 15.0 Å². The summed E-state index contributed by atoms with van der Waals surface area (Å²) in [5, 5.41) is 11.2. The summed E-state index contributed by atoms with van der Waals surface area (Å²) < 4.78 is 5.37. The molecule has 9 heteroatoms. The van der Waals surface area contributed by atoms with Gasteiger partial charge in [0.05, 0.1) is 15.5 Å². The molecular formula is C16H11BrClN5O2. The van der Waals surface area contributed by atoms with E-state index in [0.29, 0.717) is 10.5 Å². The van der Waals surface area contributed by atoms with Crippen LogP contribution in [0.15, 0.2) is 45.9 Å². The van der Waals surface area contributed by atoms with Crippen molar-refractivity contribution in [3.05, 3.63) is 63.6 Å². The van der Waals surface area contributed by atoms with Gasteiger partial charge in [-0.3, -0.25) is 5.41 Å². The highest BCUT2D eigenvalue weighted by molar-refractivity contribution is 9.18. The summed E-state index contributed by atoms with van der Waals surface area (Å²) in [7, 11) is 0. The van der Waals surface area contributed by atoms with Gasteiger partial charge in [-0.15, -0.1) is 0 Å². The minimum atomic E-state index is -0.576. The van der Waals surface area contributed by atoms with E-state index in [1.807, 2.05) is 0 Å². The minimum Gasteiger partial charge on any atom is -0.401 e. The zero-order valence-corrected chi connectivity index (χ0v) is 15.2. The van der Waals surface area contributed by atoms with E-state index in [4.69, 9.17) is 21.4 Å². The van der Waals surface area contributed by atoms with Gasteiger partial charge < -0.3 is 9.73 Å². The molecule has 126 valence electrons. The first-order valence-electron chi connectivity index (χ1n) is 7.05. The Balaban J connectivity index is 2.16. The molecule has 1 aromatic carbocycles. The predicted octanol–water partition coefficient (Wildman–Crippen LogP) is 3.76. The monoisotopic (exact) mass is 419 g/mol. The Hall–Kier alpha value is -2.58. The van der Waals surface area contributed by atoms with Gasteiger partial charge in [0, 0.05) is 17.4 Å². The van der Waals surface area contributed by atoms with Crippen molar-refractivity contribution < 1.29 is 4.42 Å². The number of aromatic nitrogens is 3. The number of nitrogens with zero attached hydrogens (tertiary/aromatic N) is 3. The van der Waals surface area contributed by atoms with Crippen molar-refractivity contribution in [3.63, 3.8) is 0 Å². The molecule has 0 unspecified atom stereocenters. The van der Waals surface area contributed by atoms with Crippen LogP contribution in [0.2, 0.25) is 5.02 Å². The normalized spacial score (nSPS) is 11.6. The summed E-state index contributed by atoms with van der Waals surface area (Å²) in [4.78, 5) is 24.8. The van der Waals surface area contributed by atoms with Crippen LogP contribution in [0.5, 0.6) is 0 Å². The molecule has 3 aromatic rings. The molecule has 0 bridgehead atoms. The summed E-state index contributed by atoms with van der Waals surface area (Å²) >= 11 is 9.03. The first kappa shape index (κ1) is 17.2. The van der Waals surface area contributed by atoms with Gasteiger partial charge in [0.15, 0.2) is 0 Å². The second-order valence-electron chi connectivity index (χ2n) is 5.03. The number of hydrogen-bond acceptors (Lipinski definition) is 7. The van der Waals surface area contributed by atoms with Gasteiger partial charge in [-0.2, -0.15) is 0 Å². The molecule has 2 aromatic heterocycles. The molecule has 0 spiro atoms. The van der Waals surface area contributed by atoms with E-state index in [1.165, 1.54) is 12.1 Å². The van der Waals surface area contributed by atoms with Gasteiger partial charge in [0.25, 0.3) is 0 Å². The van der Waals surface area contributed by atoms with E-state index >= 15 is 0 Å². The van der Waals surface area contributed by atoms with E-state index in [9.17, 15) is 4.79 Å². The van der Waals surface area contributed by atoms with E-state index in [-0.39, 0.29) is 27.5 Å². The van der Waals surface area contributed by atoms with Crippen LogP contribution in [-0.4, -0.2) is 19.6 Å². The first-order chi connectivity index (χ1) is 11.9. The smallest absolute Gasteiger partial charge is 0.347 e. The van der Waals surface area contributed by atoms with Crippen LogP contribution >= 0.6 is 27.5 Å². The van der Waals surface area contributed by atoms with Crippen molar-refractivity contribution in [2.75, 3.05) is 5.32 Å². The number of halogens is 2. The predicted molar refractivity (Wildman–Crippen MR) is 100 cm³/mol. The lowest BCUT2D eigenvalue weighted by atomic mass is 10.1. The number of benzene rings is 1. The number of fused-ring (bicyclic) bond motifs is 1. The Morgan fingerprint density at radius 2 is 2.08 bits per heavy atom. The summed E-state index contributed by atoms with van der Waals surface area (Å²) in [6.07, 6.45) is 4.52. The van der Waals surface area contributed by atoms with Crippen LogP contribution in [0.25, 0.3) is 16.6 Å². The maximum Gasteiger partial charge on any atom is 0.347 e. The maximum atomic E-state index is 12.3. The van der Waals surface area contributed by atoms with Crippen LogP contribution in [0.1, 0.15) is 11.5 Å². The fraction of sp³-hybridized carbons (Fsp3) is 0.0625. The number of hydrogen-bond donors (Lipinski definition) is 2. The molecule has 3 rings (SSSR count). The molecule has 0 aliphatic rings.